The molecule has 0 atom stereocenters. The van der Waals surface area contributed by atoms with Crippen LogP contribution in [0.2, 0.25) is 0 Å². The van der Waals surface area contributed by atoms with Crippen molar-refractivity contribution in [3.05, 3.63) is 63.8 Å². The number of amides is 1. The van der Waals surface area contributed by atoms with Crippen molar-refractivity contribution in [2.45, 2.75) is 0 Å². The van der Waals surface area contributed by atoms with Crippen molar-refractivity contribution in [1.29, 1.82) is 0 Å². The van der Waals surface area contributed by atoms with E-state index in [4.69, 9.17) is 0 Å². The predicted octanol–water partition coefficient (Wildman–Crippen LogP) is 2.05. The highest BCUT2D eigenvalue weighted by Crippen LogP contribution is 2.20. The first-order valence-corrected chi connectivity index (χ1v) is 5.51. The van der Waals surface area contributed by atoms with Crippen LogP contribution in [0.25, 0.3) is 0 Å². The average Bonchev–Trinajstić information content (AvgIpc) is 2.42. The van der Waals surface area contributed by atoms with Gasteiger partial charge in [0.2, 0.25) is 0 Å². The molecule has 2 aromatic rings. The minimum Gasteiger partial charge on any atom is -0.319 e. The molecule has 1 aromatic carbocycles. The van der Waals surface area contributed by atoms with Crippen LogP contribution in [0.4, 0.5) is 18.9 Å². The molecule has 0 radical (unpaired) electrons. The van der Waals surface area contributed by atoms with Gasteiger partial charge in [-0.1, -0.05) is 0 Å². The maximum absolute atomic E-state index is 13.4. The van der Waals surface area contributed by atoms with Crippen molar-refractivity contribution in [1.82, 2.24) is 4.57 Å². The second kappa shape index (κ2) is 5.20. The van der Waals surface area contributed by atoms with Crippen molar-refractivity contribution < 1.29 is 18.0 Å². The zero-order chi connectivity index (χ0) is 14.9. The van der Waals surface area contributed by atoms with Crippen LogP contribution in [0, 0.1) is 17.5 Å². The smallest absolute Gasteiger partial charge is 0.255 e. The second-order valence-corrected chi connectivity index (χ2v) is 4.04. The third-order valence-electron chi connectivity index (χ3n) is 2.65. The fourth-order valence-corrected chi connectivity index (χ4v) is 1.51. The fourth-order valence-electron chi connectivity index (χ4n) is 1.51. The SMILES string of the molecule is Cn1ccc(C(=O)Nc2ccc(F)c(F)c2F)cc1=O. The Kier molecular flexibility index (Phi) is 3.60. The highest BCUT2D eigenvalue weighted by molar-refractivity contribution is 6.04. The quantitative estimate of drug-likeness (QED) is 0.857. The van der Waals surface area contributed by atoms with Gasteiger partial charge in [-0.15, -0.1) is 0 Å². The maximum atomic E-state index is 13.4. The minimum absolute atomic E-state index is 0.0165. The van der Waals surface area contributed by atoms with E-state index >= 15 is 0 Å². The van der Waals surface area contributed by atoms with Crippen LogP contribution in [-0.2, 0) is 7.05 Å². The van der Waals surface area contributed by atoms with Gasteiger partial charge in [0, 0.05) is 24.9 Å². The Morgan fingerprint density at radius 3 is 2.50 bits per heavy atom. The van der Waals surface area contributed by atoms with Crippen molar-refractivity contribution in [2.75, 3.05) is 5.32 Å². The lowest BCUT2D eigenvalue weighted by atomic mass is 10.2. The summed E-state index contributed by atoms with van der Waals surface area (Å²) in [4.78, 5) is 23.1. The van der Waals surface area contributed by atoms with Crippen molar-refractivity contribution >= 4 is 11.6 Å². The number of hydrogen-bond acceptors (Lipinski definition) is 2. The van der Waals surface area contributed by atoms with E-state index < -0.39 is 34.6 Å². The molecule has 0 aliphatic rings. The summed E-state index contributed by atoms with van der Waals surface area (Å²) in [5.41, 5.74) is -0.949. The van der Waals surface area contributed by atoms with Gasteiger partial charge in [-0.05, 0) is 18.2 Å². The van der Waals surface area contributed by atoms with Gasteiger partial charge in [0.15, 0.2) is 17.5 Å². The Morgan fingerprint density at radius 1 is 1.15 bits per heavy atom. The molecule has 0 unspecified atom stereocenters. The maximum Gasteiger partial charge on any atom is 0.255 e. The Labute approximate surface area is 111 Å². The Bertz CT molecular complexity index is 741. The third kappa shape index (κ3) is 2.56. The summed E-state index contributed by atoms with van der Waals surface area (Å²) < 4.78 is 40.4. The summed E-state index contributed by atoms with van der Waals surface area (Å²) in [6.45, 7) is 0. The number of aromatic nitrogens is 1. The van der Waals surface area contributed by atoms with E-state index in [9.17, 15) is 22.8 Å². The first kappa shape index (κ1) is 13.9. The molecule has 0 saturated heterocycles. The lowest BCUT2D eigenvalue weighted by Gasteiger charge is -2.07. The van der Waals surface area contributed by atoms with Crippen molar-refractivity contribution in [2.24, 2.45) is 7.05 Å². The van der Waals surface area contributed by atoms with Crippen molar-refractivity contribution in [3.63, 3.8) is 0 Å². The largest absolute Gasteiger partial charge is 0.319 e. The molecule has 1 heterocycles. The van der Waals surface area contributed by atoms with Crippen LogP contribution in [0.5, 0.6) is 0 Å². The molecule has 7 heteroatoms. The number of anilines is 1. The molecule has 4 nitrogen and oxygen atoms in total. The minimum atomic E-state index is -1.67. The standard InChI is InChI=1S/C13H9F3N2O2/c1-18-5-4-7(6-10(18)19)13(20)17-9-3-2-8(14)11(15)12(9)16/h2-6H,1H3,(H,17,20). The topological polar surface area (TPSA) is 51.1 Å². The van der Waals surface area contributed by atoms with Gasteiger partial charge in [0.1, 0.15) is 0 Å². The molecular formula is C13H9F3N2O2. The monoisotopic (exact) mass is 282 g/mol. The summed E-state index contributed by atoms with van der Waals surface area (Å²) in [5, 5.41) is 2.07. The number of halogens is 3. The Morgan fingerprint density at radius 2 is 1.85 bits per heavy atom. The molecular weight excluding hydrogens is 273 g/mol. The zero-order valence-electron chi connectivity index (χ0n) is 10.3. The van der Waals surface area contributed by atoms with Crippen LogP contribution in [0.1, 0.15) is 10.4 Å². The number of nitrogens with zero attached hydrogens (tertiary/aromatic N) is 1. The van der Waals surface area contributed by atoms with Crippen LogP contribution >= 0.6 is 0 Å². The number of nitrogens with one attached hydrogen (secondary N) is 1. The summed E-state index contributed by atoms with van der Waals surface area (Å²) in [6.07, 6.45) is 1.36. The zero-order valence-corrected chi connectivity index (χ0v) is 10.3. The Hall–Kier alpha value is -2.57. The molecule has 0 aliphatic carbocycles. The molecule has 0 spiro atoms. The molecule has 1 aromatic heterocycles. The fraction of sp³-hybridized carbons (Fsp3) is 0.0769. The number of benzene rings is 1. The van der Waals surface area contributed by atoms with Gasteiger partial charge in [-0.3, -0.25) is 9.59 Å². The lowest BCUT2D eigenvalue weighted by molar-refractivity contribution is 0.102. The molecule has 0 fully saturated rings. The van der Waals surface area contributed by atoms with E-state index in [-0.39, 0.29) is 5.56 Å². The van der Waals surface area contributed by atoms with Crippen LogP contribution in [0.3, 0.4) is 0 Å². The molecule has 104 valence electrons. The highest BCUT2D eigenvalue weighted by Gasteiger charge is 2.16. The number of pyridine rings is 1. The summed E-state index contributed by atoms with van der Waals surface area (Å²) in [6, 6.07) is 3.98. The predicted molar refractivity (Wildman–Crippen MR) is 66.0 cm³/mol. The average molecular weight is 282 g/mol. The van der Waals surface area contributed by atoms with Crippen LogP contribution < -0.4 is 10.9 Å². The van der Waals surface area contributed by atoms with Gasteiger partial charge in [-0.2, -0.15) is 0 Å². The van der Waals surface area contributed by atoms with Gasteiger partial charge in [-0.25, -0.2) is 13.2 Å². The van der Waals surface area contributed by atoms with E-state index in [0.29, 0.717) is 6.07 Å². The van der Waals surface area contributed by atoms with Gasteiger partial charge >= 0.3 is 0 Å². The molecule has 2 rings (SSSR count). The van der Waals surface area contributed by atoms with E-state index in [1.165, 1.54) is 23.9 Å². The van der Waals surface area contributed by atoms with Crippen molar-refractivity contribution in [3.8, 4) is 0 Å². The molecule has 0 bridgehead atoms. The number of carbonyl (C=O) groups excluding carboxylic acids is 1. The van der Waals surface area contributed by atoms with Gasteiger partial charge < -0.3 is 9.88 Å². The Balaban J connectivity index is 2.30. The molecule has 0 saturated carbocycles. The van der Waals surface area contributed by atoms with Gasteiger partial charge in [0.25, 0.3) is 11.5 Å². The second-order valence-electron chi connectivity index (χ2n) is 4.04. The lowest BCUT2D eigenvalue weighted by Crippen LogP contribution is -2.20. The molecule has 1 amide bonds. The third-order valence-corrected chi connectivity index (χ3v) is 2.65. The number of carbonyl (C=O) groups is 1. The van der Waals surface area contributed by atoms with Gasteiger partial charge in [0.05, 0.1) is 5.69 Å². The van der Waals surface area contributed by atoms with Crippen LogP contribution in [0.15, 0.2) is 35.3 Å². The summed E-state index contributed by atoms with van der Waals surface area (Å²) >= 11 is 0. The summed E-state index contributed by atoms with van der Waals surface area (Å²) in [5.74, 6) is -5.32. The normalized spacial score (nSPS) is 10.4. The number of aryl methyl sites for hydroxylation is 1. The number of rotatable bonds is 2. The summed E-state index contributed by atoms with van der Waals surface area (Å²) in [7, 11) is 1.50. The van der Waals surface area contributed by atoms with E-state index in [2.05, 4.69) is 5.32 Å². The van der Waals surface area contributed by atoms with E-state index in [0.717, 1.165) is 12.1 Å². The highest BCUT2D eigenvalue weighted by atomic mass is 19.2. The van der Waals surface area contributed by atoms with E-state index in [1.54, 1.807) is 0 Å². The molecule has 0 aliphatic heterocycles. The van der Waals surface area contributed by atoms with E-state index in [1.807, 2.05) is 0 Å². The molecule has 1 N–H and O–H groups in total. The first-order valence-electron chi connectivity index (χ1n) is 5.51. The van der Waals surface area contributed by atoms with Crippen LogP contribution in [-0.4, -0.2) is 10.5 Å². The molecule has 20 heavy (non-hydrogen) atoms. The number of hydrogen-bond donors (Lipinski definition) is 1. The first-order chi connectivity index (χ1) is 9.40.